The van der Waals surface area contributed by atoms with Crippen LogP contribution in [0.4, 0.5) is 0 Å². The zero-order valence-electron chi connectivity index (χ0n) is 14.1. The van der Waals surface area contributed by atoms with Crippen LogP contribution in [0.3, 0.4) is 0 Å². The van der Waals surface area contributed by atoms with E-state index >= 15 is 0 Å². The molecule has 0 saturated heterocycles. The van der Waals surface area contributed by atoms with Crippen LogP contribution in [0, 0.1) is 13.8 Å². The minimum absolute atomic E-state index is 0.103. The monoisotopic (exact) mass is 343 g/mol. The fourth-order valence-electron chi connectivity index (χ4n) is 3.16. The number of hydrogen-bond acceptors (Lipinski definition) is 3. The number of aryl methyl sites for hydroxylation is 3. The molecule has 0 radical (unpaired) electrons. The van der Waals surface area contributed by atoms with Gasteiger partial charge in [-0.05, 0) is 55.2 Å². The normalized spacial score (nSPS) is 12.0. The molecule has 0 aliphatic carbocycles. The predicted molar refractivity (Wildman–Crippen MR) is 95.7 cm³/mol. The van der Waals surface area contributed by atoms with Gasteiger partial charge in [-0.3, -0.25) is 0 Å². The van der Waals surface area contributed by atoms with Crippen LogP contribution in [-0.2, 0) is 23.1 Å². The van der Waals surface area contributed by atoms with Crippen LogP contribution in [0.25, 0.3) is 10.9 Å². The Morgan fingerprint density at radius 2 is 1.75 bits per heavy atom. The molecule has 0 unspecified atom stereocenters. The van der Waals surface area contributed by atoms with Crippen molar-refractivity contribution < 1.29 is 13.5 Å². The molecule has 2 aromatic carbocycles. The molecule has 0 bridgehead atoms. The first-order valence-electron chi connectivity index (χ1n) is 7.95. The van der Waals surface area contributed by atoms with Crippen molar-refractivity contribution in [2.24, 2.45) is 0 Å². The van der Waals surface area contributed by atoms with Crippen molar-refractivity contribution in [1.82, 2.24) is 3.97 Å². The Kier molecular flexibility index (Phi) is 4.24. The van der Waals surface area contributed by atoms with Crippen molar-refractivity contribution in [2.45, 2.75) is 38.7 Å². The first kappa shape index (κ1) is 16.7. The quantitative estimate of drug-likeness (QED) is 0.788. The van der Waals surface area contributed by atoms with Crippen LogP contribution in [0.1, 0.15) is 29.2 Å². The number of fused-ring (bicyclic) bond motifs is 1. The molecule has 0 spiro atoms. The minimum Gasteiger partial charge on any atom is -0.392 e. The highest BCUT2D eigenvalue weighted by atomic mass is 32.2. The van der Waals surface area contributed by atoms with E-state index in [-0.39, 0.29) is 11.5 Å². The lowest BCUT2D eigenvalue weighted by Crippen LogP contribution is -2.12. The summed E-state index contributed by atoms with van der Waals surface area (Å²) >= 11 is 0. The van der Waals surface area contributed by atoms with Gasteiger partial charge in [0.1, 0.15) is 0 Å². The molecule has 0 amide bonds. The van der Waals surface area contributed by atoms with Crippen molar-refractivity contribution in [3.63, 3.8) is 0 Å². The fourth-order valence-corrected chi connectivity index (χ4v) is 4.57. The molecule has 3 rings (SSSR count). The highest BCUT2D eigenvalue weighted by Gasteiger charge is 2.21. The smallest absolute Gasteiger partial charge is 0.268 e. The van der Waals surface area contributed by atoms with Gasteiger partial charge >= 0.3 is 0 Å². The molecule has 126 valence electrons. The topological polar surface area (TPSA) is 59.3 Å². The van der Waals surface area contributed by atoms with Gasteiger partial charge in [0.2, 0.25) is 0 Å². The average molecular weight is 343 g/mol. The van der Waals surface area contributed by atoms with Crippen molar-refractivity contribution in [1.29, 1.82) is 0 Å². The number of hydrogen-bond donors (Lipinski definition) is 1. The molecule has 24 heavy (non-hydrogen) atoms. The van der Waals surface area contributed by atoms with Crippen LogP contribution in [0.5, 0.6) is 0 Å². The van der Waals surface area contributed by atoms with E-state index in [4.69, 9.17) is 0 Å². The molecule has 0 aliphatic heterocycles. The Morgan fingerprint density at radius 3 is 2.33 bits per heavy atom. The van der Waals surface area contributed by atoms with E-state index in [0.29, 0.717) is 5.52 Å². The molecule has 0 saturated carbocycles. The van der Waals surface area contributed by atoms with E-state index in [0.717, 1.165) is 34.1 Å². The van der Waals surface area contributed by atoms with Gasteiger partial charge in [-0.2, -0.15) is 0 Å². The molecule has 0 atom stereocenters. The summed E-state index contributed by atoms with van der Waals surface area (Å²) in [6.45, 7) is 5.75. The highest BCUT2D eigenvalue weighted by molar-refractivity contribution is 7.90. The maximum absolute atomic E-state index is 13.0. The number of benzene rings is 2. The second-order valence-corrected chi connectivity index (χ2v) is 7.85. The maximum Gasteiger partial charge on any atom is 0.268 e. The standard InChI is InChI=1S/C19H21NO3S/c1-4-15-11-14(3)19-17(18(15)12-21)9-10-20(19)24(22,23)16-7-5-13(2)6-8-16/h5-11,21H,4,12H2,1-3H3. The zero-order valence-corrected chi connectivity index (χ0v) is 14.9. The minimum atomic E-state index is -3.67. The third-order valence-corrected chi connectivity index (χ3v) is 6.14. The SMILES string of the molecule is CCc1cc(C)c2c(ccn2S(=O)(=O)c2ccc(C)cc2)c1CO. The summed E-state index contributed by atoms with van der Waals surface area (Å²) in [6, 6.07) is 10.6. The molecule has 1 N–H and O–H groups in total. The van der Waals surface area contributed by atoms with Gasteiger partial charge in [-0.15, -0.1) is 0 Å². The van der Waals surface area contributed by atoms with E-state index in [1.165, 1.54) is 3.97 Å². The lowest BCUT2D eigenvalue weighted by atomic mass is 9.98. The molecule has 4 nitrogen and oxygen atoms in total. The molecular weight excluding hydrogens is 322 g/mol. The number of aromatic nitrogens is 1. The van der Waals surface area contributed by atoms with E-state index in [9.17, 15) is 13.5 Å². The van der Waals surface area contributed by atoms with Crippen LogP contribution in [0.2, 0.25) is 0 Å². The Hall–Kier alpha value is -2.11. The highest BCUT2D eigenvalue weighted by Crippen LogP contribution is 2.30. The van der Waals surface area contributed by atoms with Crippen molar-refractivity contribution >= 4 is 20.9 Å². The van der Waals surface area contributed by atoms with Gasteiger partial charge in [-0.1, -0.05) is 30.7 Å². The number of aliphatic hydroxyl groups excluding tert-OH is 1. The van der Waals surface area contributed by atoms with Gasteiger partial charge in [0, 0.05) is 11.6 Å². The first-order valence-corrected chi connectivity index (χ1v) is 9.39. The number of aliphatic hydroxyl groups is 1. The van der Waals surface area contributed by atoms with Gasteiger partial charge in [-0.25, -0.2) is 12.4 Å². The summed E-state index contributed by atoms with van der Waals surface area (Å²) < 4.78 is 27.4. The fraction of sp³-hybridized carbons (Fsp3) is 0.263. The van der Waals surface area contributed by atoms with Crippen LogP contribution in [-0.4, -0.2) is 17.5 Å². The zero-order chi connectivity index (χ0) is 17.5. The molecule has 1 aromatic heterocycles. The summed E-state index contributed by atoms with van der Waals surface area (Å²) in [6.07, 6.45) is 2.37. The summed E-state index contributed by atoms with van der Waals surface area (Å²) in [5.41, 5.74) is 4.39. The first-order chi connectivity index (χ1) is 11.4. The average Bonchev–Trinajstić information content (AvgIpc) is 3.01. The lowest BCUT2D eigenvalue weighted by Gasteiger charge is -2.13. The molecule has 3 aromatic rings. The number of rotatable bonds is 4. The molecular formula is C19H21NO3S. The van der Waals surface area contributed by atoms with Gasteiger partial charge < -0.3 is 5.11 Å². The third kappa shape index (κ3) is 2.54. The Balaban J connectivity index is 2.30. The second kappa shape index (κ2) is 6.07. The maximum atomic E-state index is 13.0. The van der Waals surface area contributed by atoms with Gasteiger partial charge in [0.05, 0.1) is 17.0 Å². The van der Waals surface area contributed by atoms with Crippen molar-refractivity contribution in [3.8, 4) is 0 Å². The van der Waals surface area contributed by atoms with Gasteiger partial charge in [0.15, 0.2) is 0 Å². The molecule has 0 fully saturated rings. The van der Waals surface area contributed by atoms with E-state index < -0.39 is 10.0 Å². The molecule has 0 aliphatic rings. The van der Waals surface area contributed by atoms with Crippen LogP contribution < -0.4 is 0 Å². The van der Waals surface area contributed by atoms with Gasteiger partial charge in [0.25, 0.3) is 10.0 Å². The van der Waals surface area contributed by atoms with Crippen molar-refractivity contribution in [2.75, 3.05) is 0 Å². The van der Waals surface area contributed by atoms with Crippen LogP contribution >= 0.6 is 0 Å². The van der Waals surface area contributed by atoms with Crippen LogP contribution in [0.15, 0.2) is 47.5 Å². The van der Waals surface area contributed by atoms with E-state index in [1.807, 2.05) is 26.8 Å². The summed E-state index contributed by atoms with van der Waals surface area (Å²) in [4.78, 5) is 0.259. The molecule has 5 heteroatoms. The molecule has 1 heterocycles. The Morgan fingerprint density at radius 1 is 1.08 bits per heavy atom. The lowest BCUT2D eigenvalue weighted by molar-refractivity contribution is 0.282. The Bertz CT molecular complexity index is 999. The van der Waals surface area contributed by atoms with Crippen molar-refractivity contribution in [3.05, 3.63) is 64.8 Å². The largest absolute Gasteiger partial charge is 0.392 e. The summed E-state index contributed by atoms with van der Waals surface area (Å²) in [7, 11) is -3.67. The van der Waals surface area contributed by atoms with E-state index in [2.05, 4.69) is 0 Å². The Labute approximate surface area is 142 Å². The predicted octanol–water partition coefficient (Wildman–Crippen LogP) is 3.55. The summed E-state index contributed by atoms with van der Waals surface area (Å²) in [5.74, 6) is 0. The summed E-state index contributed by atoms with van der Waals surface area (Å²) in [5, 5.41) is 10.5. The third-order valence-electron chi connectivity index (χ3n) is 4.45. The van der Waals surface area contributed by atoms with E-state index in [1.54, 1.807) is 36.5 Å². The second-order valence-electron chi connectivity index (χ2n) is 6.03. The number of nitrogens with zero attached hydrogens (tertiary/aromatic N) is 1.